The molecule has 0 radical (unpaired) electrons. The number of carbonyl (C=O) groups is 2. The minimum atomic E-state index is -2.11. The summed E-state index contributed by atoms with van der Waals surface area (Å²) in [5, 5.41) is 0. The van der Waals surface area contributed by atoms with E-state index in [0.29, 0.717) is 29.6 Å². The third-order valence-electron chi connectivity index (χ3n) is 5.44. The fraction of sp³-hybridized carbons (Fsp3) is 0.900. The second kappa shape index (κ2) is 8.95. The van der Waals surface area contributed by atoms with Crippen LogP contribution in [0, 0.1) is 0 Å². The Morgan fingerprint density at radius 3 is 1.85 bits per heavy atom. The van der Waals surface area contributed by atoms with Gasteiger partial charge in [0.1, 0.15) is 11.6 Å². The fourth-order valence-corrected chi connectivity index (χ4v) is 10.0. The number of likely N-dealkylation sites (tertiary alicyclic amines) is 1. The topological polar surface area (TPSA) is 65.1 Å². The monoisotopic (exact) mass is 401 g/mol. The predicted octanol–water partition coefficient (Wildman–Crippen LogP) is 4.73. The zero-order valence-electron chi connectivity index (χ0n) is 18.8. The smallest absolute Gasteiger partial charge is 0.411 e. The lowest BCUT2D eigenvalue weighted by molar-refractivity contribution is -0.145. The lowest BCUT2D eigenvalue weighted by Crippen LogP contribution is -2.50. The molecule has 0 aromatic carbocycles. The van der Waals surface area contributed by atoms with Crippen LogP contribution in [0.4, 0.5) is 4.79 Å². The van der Waals surface area contributed by atoms with Crippen LogP contribution in [-0.4, -0.2) is 56.7 Å². The van der Waals surface area contributed by atoms with Crippen molar-refractivity contribution in [2.75, 3.05) is 13.7 Å². The van der Waals surface area contributed by atoms with Crippen LogP contribution in [0.3, 0.4) is 0 Å². The Labute approximate surface area is 166 Å². The second-order valence-corrected chi connectivity index (χ2v) is 14.9. The van der Waals surface area contributed by atoms with E-state index in [0.717, 1.165) is 0 Å². The third kappa shape index (κ3) is 5.47. The normalized spacial score (nSPS) is 21.3. The van der Waals surface area contributed by atoms with Crippen LogP contribution in [0.1, 0.15) is 68.7 Å². The van der Waals surface area contributed by atoms with E-state index in [1.54, 1.807) is 0 Å². The number of amides is 1. The van der Waals surface area contributed by atoms with Crippen molar-refractivity contribution in [1.82, 2.24) is 4.90 Å². The van der Waals surface area contributed by atoms with Crippen molar-refractivity contribution < 1.29 is 23.5 Å². The number of ether oxygens (including phenoxy) is 2. The van der Waals surface area contributed by atoms with Gasteiger partial charge in [0.05, 0.1) is 13.2 Å². The Kier molecular flexibility index (Phi) is 7.94. The molecule has 6 nitrogen and oxygen atoms in total. The molecule has 0 bridgehead atoms. The first-order chi connectivity index (χ1) is 12.3. The van der Waals surface area contributed by atoms with Crippen molar-refractivity contribution in [2.45, 2.75) is 103 Å². The molecule has 0 aliphatic carbocycles. The average Bonchev–Trinajstić information content (AvgIpc) is 2.93. The van der Waals surface area contributed by atoms with Gasteiger partial charge in [-0.3, -0.25) is 4.90 Å². The number of hydrogen-bond acceptors (Lipinski definition) is 5. The minimum absolute atomic E-state index is 0.180. The predicted molar refractivity (Wildman–Crippen MR) is 109 cm³/mol. The van der Waals surface area contributed by atoms with Crippen molar-refractivity contribution in [3.8, 4) is 0 Å². The van der Waals surface area contributed by atoms with Crippen molar-refractivity contribution >= 4 is 20.4 Å². The summed E-state index contributed by atoms with van der Waals surface area (Å²) in [5.74, 6) is -0.419. The average molecular weight is 402 g/mol. The van der Waals surface area contributed by atoms with Gasteiger partial charge in [0.25, 0.3) is 0 Å². The number of nitrogens with zero attached hydrogens (tertiary/aromatic N) is 1. The first-order valence-corrected chi connectivity index (χ1v) is 12.2. The molecule has 2 atom stereocenters. The van der Waals surface area contributed by atoms with Gasteiger partial charge in [0.15, 0.2) is 0 Å². The van der Waals surface area contributed by atoms with Crippen LogP contribution < -0.4 is 0 Å². The lowest BCUT2D eigenvalue weighted by Gasteiger charge is -2.44. The zero-order chi connectivity index (χ0) is 21.2. The van der Waals surface area contributed by atoms with Gasteiger partial charge >= 0.3 is 12.1 Å². The first-order valence-electron chi connectivity index (χ1n) is 10.0. The molecule has 1 heterocycles. The van der Waals surface area contributed by atoms with Crippen LogP contribution in [0.15, 0.2) is 0 Å². The maximum Gasteiger partial charge on any atom is 0.411 e. The maximum atomic E-state index is 12.7. The van der Waals surface area contributed by atoms with Gasteiger partial charge in [-0.05, 0) is 37.4 Å². The van der Waals surface area contributed by atoms with Crippen molar-refractivity contribution in [2.24, 2.45) is 0 Å². The highest BCUT2D eigenvalue weighted by molar-refractivity contribution is 6.77. The molecule has 7 heteroatoms. The van der Waals surface area contributed by atoms with Crippen LogP contribution in [0.5, 0.6) is 0 Å². The van der Waals surface area contributed by atoms with E-state index in [2.05, 4.69) is 41.5 Å². The lowest BCUT2D eigenvalue weighted by atomic mass is 10.2. The van der Waals surface area contributed by atoms with Crippen molar-refractivity contribution in [3.05, 3.63) is 0 Å². The number of rotatable bonds is 6. The molecular weight excluding hydrogens is 362 g/mol. The molecule has 1 aliphatic heterocycles. The summed E-state index contributed by atoms with van der Waals surface area (Å²) in [7, 11) is -0.763. The van der Waals surface area contributed by atoms with Gasteiger partial charge in [0, 0.05) is 13.0 Å². The molecule has 158 valence electrons. The van der Waals surface area contributed by atoms with Crippen molar-refractivity contribution in [3.63, 3.8) is 0 Å². The van der Waals surface area contributed by atoms with Gasteiger partial charge in [-0.1, -0.05) is 41.5 Å². The van der Waals surface area contributed by atoms with Crippen LogP contribution in [0.2, 0.25) is 16.6 Å². The van der Waals surface area contributed by atoms with Crippen LogP contribution >= 0.6 is 0 Å². The highest BCUT2D eigenvalue weighted by Crippen LogP contribution is 2.44. The number of esters is 1. The summed E-state index contributed by atoms with van der Waals surface area (Å²) in [4.78, 5) is 26.4. The molecule has 0 aromatic heterocycles. The van der Waals surface area contributed by atoms with E-state index >= 15 is 0 Å². The summed E-state index contributed by atoms with van der Waals surface area (Å²) < 4.78 is 17.2. The Bertz CT molecular complexity index is 505. The third-order valence-corrected chi connectivity index (χ3v) is 11.6. The quantitative estimate of drug-likeness (QED) is 0.475. The molecule has 0 N–H and O–H groups in total. The molecule has 1 aliphatic rings. The Morgan fingerprint density at radius 1 is 1.00 bits per heavy atom. The molecule has 1 amide bonds. The largest absolute Gasteiger partial charge is 0.467 e. The van der Waals surface area contributed by atoms with Gasteiger partial charge < -0.3 is 13.9 Å². The molecule has 1 rings (SSSR count). The molecule has 27 heavy (non-hydrogen) atoms. The minimum Gasteiger partial charge on any atom is -0.467 e. The standard InChI is InChI=1S/C20H39NO5Si/c1-13(2)27(14(3)4,15(5)6)26-16-11-17(18(22)24-10)21(12-16)19(23)25-20(7,8)9/h13-17H,11-12H2,1-10H3/t16-,17+/m1/s1. The van der Waals surface area contributed by atoms with E-state index in [1.807, 2.05) is 20.8 Å². The molecule has 1 fully saturated rings. The number of methoxy groups -OCH3 is 1. The molecule has 0 saturated carbocycles. The van der Waals surface area contributed by atoms with Crippen molar-refractivity contribution in [1.29, 1.82) is 0 Å². The fourth-order valence-electron chi connectivity index (χ4n) is 4.46. The summed E-state index contributed by atoms with van der Waals surface area (Å²) >= 11 is 0. The van der Waals surface area contributed by atoms with Crippen LogP contribution in [0.25, 0.3) is 0 Å². The van der Waals surface area contributed by atoms with E-state index < -0.39 is 32.0 Å². The van der Waals surface area contributed by atoms with E-state index in [9.17, 15) is 9.59 Å². The molecule has 0 unspecified atom stereocenters. The SMILES string of the molecule is COC(=O)[C@@H]1C[C@@H](O[Si](C(C)C)(C(C)C)C(C)C)CN1C(=O)OC(C)(C)C. The van der Waals surface area contributed by atoms with Gasteiger partial charge in [-0.15, -0.1) is 0 Å². The van der Waals surface area contributed by atoms with Crippen LogP contribution in [-0.2, 0) is 18.7 Å². The zero-order valence-corrected chi connectivity index (χ0v) is 19.8. The Balaban J connectivity index is 3.10. The van der Waals surface area contributed by atoms with Gasteiger partial charge in [0.2, 0.25) is 8.32 Å². The number of hydrogen-bond donors (Lipinski definition) is 0. The summed E-state index contributed by atoms with van der Waals surface area (Å²) in [5.41, 5.74) is 0.683. The molecule has 1 saturated heterocycles. The maximum absolute atomic E-state index is 12.7. The summed E-state index contributed by atoms with van der Waals surface area (Å²) in [6, 6.07) is -0.659. The first kappa shape index (κ1) is 24.0. The highest BCUT2D eigenvalue weighted by Gasteiger charge is 2.50. The Morgan fingerprint density at radius 2 is 1.48 bits per heavy atom. The van der Waals surface area contributed by atoms with Gasteiger partial charge in [-0.2, -0.15) is 0 Å². The Hall–Kier alpha value is -1.08. The second-order valence-electron chi connectivity index (χ2n) is 9.46. The van der Waals surface area contributed by atoms with E-state index in [-0.39, 0.29) is 6.10 Å². The number of carbonyl (C=O) groups excluding carboxylic acids is 2. The summed E-state index contributed by atoms with van der Waals surface area (Å²) in [6.07, 6.45) is -0.220. The highest BCUT2D eigenvalue weighted by atomic mass is 28.4. The molecular formula is C20H39NO5Si. The van der Waals surface area contributed by atoms with E-state index in [4.69, 9.17) is 13.9 Å². The van der Waals surface area contributed by atoms with E-state index in [1.165, 1.54) is 12.0 Å². The summed E-state index contributed by atoms with van der Waals surface area (Å²) in [6.45, 7) is 19.2. The van der Waals surface area contributed by atoms with Gasteiger partial charge in [-0.25, -0.2) is 9.59 Å². The molecule has 0 aromatic rings. The molecule has 0 spiro atoms.